The van der Waals surface area contributed by atoms with Gasteiger partial charge in [0.2, 0.25) is 17.7 Å². The number of aliphatic carboxylic acids is 1. The van der Waals surface area contributed by atoms with Gasteiger partial charge in [-0.15, -0.1) is 0 Å². The number of methoxy groups -OCH3 is 2. The molecule has 2 aromatic carbocycles. The highest BCUT2D eigenvalue weighted by molar-refractivity contribution is 5.90. The van der Waals surface area contributed by atoms with Gasteiger partial charge in [-0.3, -0.25) is 19.4 Å². The van der Waals surface area contributed by atoms with Gasteiger partial charge in [0.1, 0.15) is 18.1 Å². The Morgan fingerprint density at radius 1 is 0.717 bits per heavy atom. The van der Waals surface area contributed by atoms with E-state index in [2.05, 4.69) is 55.2 Å². The van der Waals surface area contributed by atoms with Gasteiger partial charge in [-0.25, -0.2) is 14.4 Å². The summed E-state index contributed by atoms with van der Waals surface area (Å²) in [7, 11) is 2.60. The summed E-state index contributed by atoms with van der Waals surface area (Å²) in [5.41, 5.74) is 8.74. The fraction of sp³-hybridized carbons (Fsp3) is 0.477. The second-order valence-corrected chi connectivity index (χ2v) is 13.1. The molecule has 15 nitrogen and oxygen atoms in total. The highest BCUT2D eigenvalue weighted by atomic mass is 35.5. The number of carboxylic acid groups (broad SMARTS) is 1. The van der Waals surface area contributed by atoms with Crippen LogP contribution in [0.25, 0.3) is 0 Å². The van der Waals surface area contributed by atoms with Crippen molar-refractivity contribution >= 4 is 35.6 Å². The molecule has 0 saturated carbocycles. The molecule has 7 N–H and O–H groups in total. The Morgan fingerprint density at radius 3 is 1.42 bits per heavy atom. The molecule has 1 saturated heterocycles. The van der Waals surface area contributed by atoms with Crippen LogP contribution >= 0.6 is 0 Å². The van der Waals surface area contributed by atoms with Gasteiger partial charge in [-0.1, -0.05) is 75.5 Å². The molecule has 60 heavy (non-hydrogen) atoms. The molecule has 3 amide bonds. The number of carboxylic acids is 1. The number of benzene rings is 2. The largest absolute Gasteiger partial charge is 1.00 e. The predicted molar refractivity (Wildman–Crippen MR) is 229 cm³/mol. The summed E-state index contributed by atoms with van der Waals surface area (Å²) >= 11 is 0. The first-order valence-electron chi connectivity index (χ1n) is 18.5. The molecule has 3 aromatic rings. The first kappa shape index (κ1) is 61.3. The average Bonchev–Trinajstić information content (AvgIpc) is 3.75. The van der Waals surface area contributed by atoms with Crippen molar-refractivity contribution < 1.29 is 66.2 Å². The van der Waals surface area contributed by atoms with Crippen LogP contribution in [-0.4, -0.2) is 97.3 Å². The van der Waals surface area contributed by atoms with Crippen LogP contribution in [0.4, 0.5) is 0 Å². The van der Waals surface area contributed by atoms with Crippen molar-refractivity contribution in [3.63, 3.8) is 0 Å². The van der Waals surface area contributed by atoms with Gasteiger partial charge in [0.05, 0.1) is 14.2 Å². The lowest BCUT2D eigenvalue weighted by molar-refractivity contribution is -0.402. The van der Waals surface area contributed by atoms with E-state index in [4.69, 9.17) is 9.84 Å². The van der Waals surface area contributed by atoms with Crippen LogP contribution in [-0.2, 0) is 55.8 Å². The molecule has 1 aliphatic heterocycles. The summed E-state index contributed by atoms with van der Waals surface area (Å²) in [5.74, 6) is -2.89. The molecular formula is C44H70ClN5O10. The number of amides is 3. The van der Waals surface area contributed by atoms with Crippen molar-refractivity contribution in [2.24, 2.45) is 0 Å². The van der Waals surface area contributed by atoms with Crippen molar-refractivity contribution in [1.29, 1.82) is 0 Å². The number of pyridine rings is 1. The van der Waals surface area contributed by atoms with E-state index in [9.17, 15) is 28.8 Å². The summed E-state index contributed by atoms with van der Waals surface area (Å²) in [4.78, 5) is 70.8. The maximum Gasteiger partial charge on any atom is 0.364 e. The van der Waals surface area contributed by atoms with E-state index in [1.807, 2.05) is 74.5 Å². The number of nitrogens with one attached hydrogen (secondary N) is 3. The standard InChI is InChI=1S/C15H20N2O4.C11H13NO3.C8H11N.C4H9NO2.C4H8O.2CH4.ClH/c1-10(15(20)21-3)16-14(19)13(17-11(2)18)9-12-7-5-4-6-8-12;1-8(13)12-10(11(14)15)7-9-5-3-2-4-6-9;1-6-4-7(2)9-8(3)5-6;1-3(5)4(6)7-2;1-2-4-5-3-1;;;/h4-8,10,13H,9H2,1-3H3,(H,16,19)(H,17,18);2-6,10H,7H2,1H3,(H,12,13)(H,14,15);4-5H,1-3H3;3H,5H2,1-2H3;1-4H2;2*1H4;1H/t10-,13-;10-;;3-;;;;/m00.0..../s1. The molecule has 4 atom stereocenters. The number of esters is 2. The Bertz CT molecular complexity index is 1600. The van der Waals surface area contributed by atoms with E-state index in [1.165, 1.54) is 53.4 Å². The number of halogens is 1. The topological polar surface area (TPSA) is 227 Å². The van der Waals surface area contributed by atoms with Gasteiger partial charge in [0, 0.05) is 51.3 Å². The number of carbonyl (C=O) groups excluding carboxylic acids is 5. The normalized spacial score (nSPS) is 12.4. The van der Waals surface area contributed by atoms with Crippen LogP contribution in [0.5, 0.6) is 0 Å². The number of quaternary nitrogens is 1. The Balaban J connectivity index is -0.000000351. The number of hydrogen-bond donors (Lipinski definition) is 5. The minimum atomic E-state index is -1.02. The van der Waals surface area contributed by atoms with E-state index in [0.29, 0.717) is 12.8 Å². The number of nitrogens with zero attached hydrogens (tertiary/aromatic N) is 1. The predicted octanol–water partition coefficient (Wildman–Crippen LogP) is 1.10. The van der Waals surface area contributed by atoms with Gasteiger partial charge in [-0.2, -0.15) is 0 Å². The van der Waals surface area contributed by atoms with E-state index in [-0.39, 0.29) is 51.1 Å². The molecule has 0 aliphatic carbocycles. The van der Waals surface area contributed by atoms with Crippen molar-refractivity contribution in [2.45, 2.75) is 113 Å². The highest BCUT2D eigenvalue weighted by Gasteiger charge is 2.24. The molecule has 1 aliphatic rings. The molecule has 4 rings (SSSR count). The van der Waals surface area contributed by atoms with Gasteiger partial charge < -0.3 is 53.4 Å². The number of hydrogen-bond acceptors (Lipinski definition) is 10. The van der Waals surface area contributed by atoms with Crippen LogP contribution in [0.3, 0.4) is 0 Å². The lowest BCUT2D eigenvalue weighted by Gasteiger charge is -2.20. The quantitative estimate of drug-likeness (QED) is 0.172. The molecule has 0 bridgehead atoms. The van der Waals surface area contributed by atoms with E-state index in [1.54, 1.807) is 6.92 Å². The number of ether oxygens (including phenoxy) is 3. The highest BCUT2D eigenvalue weighted by Crippen LogP contribution is 2.05. The first-order chi connectivity index (χ1) is 26.9. The number of carbonyl (C=O) groups is 6. The van der Waals surface area contributed by atoms with Gasteiger partial charge in [-0.05, 0) is 76.3 Å². The van der Waals surface area contributed by atoms with Crippen LogP contribution < -0.4 is 34.1 Å². The summed E-state index contributed by atoms with van der Waals surface area (Å²) in [6.45, 7) is 14.0. The summed E-state index contributed by atoms with van der Waals surface area (Å²) in [6.07, 6.45) is 3.20. The zero-order chi connectivity index (χ0) is 43.3. The average molecular weight is 865 g/mol. The third kappa shape index (κ3) is 30.7. The second-order valence-electron chi connectivity index (χ2n) is 13.1. The Hall–Kier alpha value is -5.38. The Labute approximate surface area is 363 Å². The summed E-state index contributed by atoms with van der Waals surface area (Å²) in [6, 6.07) is 20.1. The van der Waals surface area contributed by atoms with Crippen molar-refractivity contribution in [3.05, 3.63) is 101 Å². The van der Waals surface area contributed by atoms with Crippen LogP contribution in [0, 0.1) is 20.8 Å². The van der Waals surface area contributed by atoms with Crippen molar-refractivity contribution in [3.8, 4) is 0 Å². The molecule has 1 aromatic heterocycles. The van der Waals surface area contributed by atoms with E-state index in [0.717, 1.165) is 35.7 Å². The number of aromatic nitrogens is 1. The molecular weight excluding hydrogens is 794 g/mol. The third-order valence-electron chi connectivity index (χ3n) is 7.51. The number of aryl methyl sites for hydroxylation is 3. The maximum atomic E-state index is 12.2. The fourth-order valence-corrected chi connectivity index (χ4v) is 4.90. The zero-order valence-electron chi connectivity index (χ0n) is 35.1. The Morgan fingerprint density at radius 2 is 1.12 bits per heavy atom. The maximum absolute atomic E-state index is 12.2. The van der Waals surface area contributed by atoms with Crippen molar-refractivity contribution in [2.75, 3.05) is 27.4 Å². The zero-order valence-corrected chi connectivity index (χ0v) is 35.9. The fourth-order valence-electron chi connectivity index (χ4n) is 4.90. The molecule has 2 heterocycles. The minimum Gasteiger partial charge on any atom is -1.00 e. The second kappa shape index (κ2) is 35.6. The Kier molecular flexibility index (Phi) is 36.3. The van der Waals surface area contributed by atoms with Crippen molar-refractivity contribution in [1.82, 2.24) is 20.9 Å². The van der Waals surface area contributed by atoms with Crippen LogP contribution in [0.2, 0.25) is 0 Å². The molecule has 1 fully saturated rings. The first-order valence-corrected chi connectivity index (χ1v) is 18.5. The van der Waals surface area contributed by atoms with E-state index < -0.39 is 36.0 Å². The number of rotatable bonds is 11. The van der Waals surface area contributed by atoms with Gasteiger partial charge in [0.15, 0.2) is 6.04 Å². The van der Waals surface area contributed by atoms with Gasteiger partial charge >= 0.3 is 17.9 Å². The van der Waals surface area contributed by atoms with E-state index >= 15 is 0 Å². The molecule has 16 heteroatoms. The molecule has 338 valence electrons. The van der Waals surface area contributed by atoms with Gasteiger partial charge in [0.25, 0.3) is 0 Å². The van der Waals surface area contributed by atoms with Crippen LogP contribution in [0.1, 0.15) is 83.5 Å². The minimum absolute atomic E-state index is 0. The lowest BCUT2D eigenvalue weighted by atomic mass is 10.0. The molecule has 0 spiro atoms. The summed E-state index contributed by atoms with van der Waals surface area (Å²) in [5, 5.41) is 16.4. The van der Waals surface area contributed by atoms with Crippen LogP contribution in [0.15, 0.2) is 72.8 Å². The third-order valence-corrected chi connectivity index (χ3v) is 7.51. The smallest absolute Gasteiger partial charge is 0.364 e. The lowest BCUT2D eigenvalue weighted by Crippen LogP contribution is -3.00. The SMILES string of the molecule is C.C.C1CCOC1.CC(=O)N[C@@H](Cc1ccccc1)C(=O)O.COC(=O)[C@H](C)NC(=O)[C@H](Cc1ccccc1)NC(C)=O.COC(=O)[C@H](C)[NH3+].Cc1cc(C)nc(C)c1.[Cl-]. The molecule has 0 unspecified atom stereocenters. The monoisotopic (exact) mass is 863 g/mol. The summed E-state index contributed by atoms with van der Waals surface area (Å²) < 4.78 is 13.8. The molecule has 0 radical (unpaired) electrons.